The molecule has 214 valence electrons. The predicted molar refractivity (Wildman–Crippen MR) is 158 cm³/mol. The van der Waals surface area contributed by atoms with Gasteiger partial charge in [0.1, 0.15) is 18.3 Å². The highest BCUT2D eigenvalue weighted by Crippen LogP contribution is 2.26. The van der Waals surface area contributed by atoms with Crippen LogP contribution in [0.25, 0.3) is 0 Å². The first-order valence-corrected chi connectivity index (χ1v) is 15.1. The van der Waals surface area contributed by atoms with Crippen LogP contribution in [0, 0.1) is 0 Å². The molecule has 0 bridgehead atoms. The third-order valence-corrected chi connectivity index (χ3v) is 8.47. The van der Waals surface area contributed by atoms with E-state index in [-0.39, 0.29) is 23.0 Å². The summed E-state index contributed by atoms with van der Waals surface area (Å²) < 4.78 is 34.0. The number of halogens is 1. The SMILES string of the molecule is CCCCNC(=O)[C@H](CC)N(Cc1cccc(OC)c1)C(=O)CN(c1ccc(Cl)cc1)S(=O)(=O)c1ccccc1. The van der Waals surface area contributed by atoms with Crippen LogP contribution in [0.2, 0.25) is 5.02 Å². The quantitative estimate of drug-likeness (QED) is 0.260. The highest BCUT2D eigenvalue weighted by molar-refractivity contribution is 7.92. The molecular formula is C30H36ClN3O5S. The maximum atomic E-state index is 14.0. The van der Waals surface area contributed by atoms with E-state index in [0.717, 1.165) is 22.7 Å². The van der Waals surface area contributed by atoms with Crippen molar-refractivity contribution in [2.45, 2.75) is 50.6 Å². The Hall–Kier alpha value is -3.56. The minimum Gasteiger partial charge on any atom is -0.497 e. The first-order chi connectivity index (χ1) is 19.2. The van der Waals surface area contributed by atoms with Crippen LogP contribution in [0.3, 0.4) is 0 Å². The number of methoxy groups -OCH3 is 1. The van der Waals surface area contributed by atoms with Crippen molar-refractivity contribution in [3.63, 3.8) is 0 Å². The lowest BCUT2D eigenvalue weighted by Crippen LogP contribution is -2.52. The largest absolute Gasteiger partial charge is 0.497 e. The third-order valence-electron chi connectivity index (χ3n) is 6.43. The summed E-state index contributed by atoms with van der Waals surface area (Å²) in [6.07, 6.45) is 2.07. The highest BCUT2D eigenvalue weighted by atomic mass is 35.5. The molecule has 0 heterocycles. The lowest BCUT2D eigenvalue weighted by atomic mass is 10.1. The molecule has 0 aliphatic rings. The molecule has 0 saturated heterocycles. The zero-order valence-corrected chi connectivity index (χ0v) is 24.6. The smallest absolute Gasteiger partial charge is 0.264 e. The average Bonchev–Trinajstić information content (AvgIpc) is 2.97. The van der Waals surface area contributed by atoms with Crippen LogP contribution in [0.4, 0.5) is 5.69 Å². The molecule has 0 radical (unpaired) electrons. The predicted octanol–water partition coefficient (Wildman–Crippen LogP) is 5.27. The molecule has 1 atom stereocenters. The number of anilines is 1. The van der Waals surface area contributed by atoms with E-state index in [4.69, 9.17) is 16.3 Å². The summed E-state index contributed by atoms with van der Waals surface area (Å²) in [6.45, 7) is 3.93. The number of nitrogens with zero attached hydrogens (tertiary/aromatic N) is 2. The molecule has 0 aromatic heterocycles. The number of rotatable bonds is 14. The van der Waals surface area contributed by atoms with Crippen molar-refractivity contribution in [3.8, 4) is 5.75 Å². The second-order valence-corrected chi connectivity index (χ2v) is 11.5. The van der Waals surface area contributed by atoms with Crippen molar-refractivity contribution in [1.82, 2.24) is 10.2 Å². The van der Waals surface area contributed by atoms with Crippen LogP contribution in [0.1, 0.15) is 38.7 Å². The van der Waals surface area contributed by atoms with Crippen LogP contribution in [0.15, 0.2) is 83.8 Å². The van der Waals surface area contributed by atoms with Crippen LogP contribution in [-0.2, 0) is 26.2 Å². The lowest BCUT2D eigenvalue weighted by molar-refractivity contribution is -0.140. The lowest BCUT2D eigenvalue weighted by Gasteiger charge is -2.33. The molecule has 0 unspecified atom stereocenters. The fourth-order valence-corrected chi connectivity index (χ4v) is 5.81. The van der Waals surface area contributed by atoms with Crippen LogP contribution >= 0.6 is 11.6 Å². The van der Waals surface area contributed by atoms with E-state index in [1.165, 1.54) is 17.0 Å². The Morgan fingerprint density at radius 3 is 2.30 bits per heavy atom. The van der Waals surface area contributed by atoms with Crippen LogP contribution in [0.5, 0.6) is 5.75 Å². The van der Waals surface area contributed by atoms with E-state index >= 15 is 0 Å². The minimum absolute atomic E-state index is 0.0430. The van der Waals surface area contributed by atoms with Gasteiger partial charge < -0.3 is 15.0 Å². The Bertz CT molecular complexity index is 1370. The van der Waals surface area contributed by atoms with Gasteiger partial charge in [-0.15, -0.1) is 0 Å². The fourth-order valence-electron chi connectivity index (χ4n) is 4.25. The second-order valence-electron chi connectivity index (χ2n) is 9.24. The normalized spacial score (nSPS) is 11.9. The summed E-state index contributed by atoms with van der Waals surface area (Å²) in [7, 11) is -2.58. The number of sulfonamides is 1. The minimum atomic E-state index is -4.13. The molecule has 0 saturated carbocycles. The van der Waals surface area contributed by atoms with E-state index in [1.807, 2.05) is 19.9 Å². The number of unbranched alkanes of at least 4 members (excludes halogenated alkanes) is 1. The Morgan fingerprint density at radius 1 is 0.975 bits per heavy atom. The molecule has 40 heavy (non-hydrogen) atoms. The summed E-state index contributed by atoms with van der Waals surface area (Å²) in [5, 5.41) is 3.35. The third kappa shape index (κ3) is 7.99. The zero-order chi connectivity index (χ0) is 29.1. The van der Waals surface area contributed by atoms with Crippen molar-refractivity contribution < 1.29 is 22.7 Å². The number of hydrogen-bond acceptors (Lipinski definition) is 5. The molecule has 10 heteroatoms. The van der Waals surface area contributed by atoms with Crippen LogP contribution < -0.4 is 14.4 Å². The Labute approximate surface area is 241 Å². The number of benzene rings is 3. The van der Waals surface area contributed by atoms with Gasteiger partial charge in [0.25, 0.3) is 10.0 Å². The van der Waals surface area contributed by atoms with Gasteiger partial charge in [-0.2, -0.15) is 0 Å². The number of hydrogen-bond donors (Lipinski definition) is 1. The van der Waals surface area contributed by atoms with Crippen LogP contribution in [-0.4, -0.2) is 51.4 Å². The molecule has 0 fully saturated rings. The van der Waals surface area contributed by atoms with Gasteiger partial charge in [0.05, 0.1) is 17.7 Å². The maximum absolute atomic E-state index is 14.0. The van der Waals surface area contributed by atoms with Gasteiger partial charge in [0.2, 0.25) is 11.8 Å². The van der Waals surface area contributed by atoms with E-state index in [9.17, 15) is 18.0 Å². The van der Waals surface area contributed by atoms with E-state index in [0.29, 0.717) is 23.7 Å². The number of carbonyl (C=O) groups is 2. The molecular weight excluding hydrogens is 550 g/mol. The van der Waals surface area contributed by atoms with E-state index in [2.05, 4.69) is 5.32 Å². The monoisotopic (exact) mass is 585 g/mol. The molecule has 8 nitrogen and oxygen atoms in total. The average molecular weight is 586 g/mol. The van der Waals surface area contributed by atoms with Gasteiger partial charge in [0, 0.05) is 18.1 Å². The van der Waals surface area contributed by atoms with Gasteiger partial charge >= 0.3 is 0 Å². The summed E-state index contributed by atoms with van der Waals surface area (Å²) in [6, 6.07) is 20.6. The fraction of sp³-hybridized carbons (Fsp3) is 0.333. The molecule has 0 aliphatic heterocycles. The molecule has 3 rings (SSSR count). The second kappa shape index (κ2) is 14.7. The van der Waals surface area contributed by atoms with Crippen molar-refractivity contribution in [1.29, 1.82) is 0 Å². The molecule has 0 spiro atoms. The number of carbonyl (C=O) groups excluding carboxylic acids is 2. The summed E-state index contributed by atoms with van der Waals surface area (Å²) in [5.41, 5.74) is 1.03. The number of nitrogens with one attached hydrogen (secondary N) is 1. The van der Waals surface area contributed by atoms with Gasteiger partial charge in [-0.3, -0.25) is 13.9 Å². The van der Waals surface area contributed by atoms with Crippen molar-refractivity contribution in [2.24, 2.45) is 0 Å². The van der Waals surface area contributed by atoms with E-state index in [1.54, 1.807) is 67.8 Å². The summed E-state index contributed by atoms with van der Waals surface area (Å²) in [4.78, 5) is 28.8. The number of ether oxygens (including phenoxy) is 1. The number of amides is 2. The van der Waals surface area contributed by atoms with Gasteiger partial charge in [-0.25, -0.2) is 8.42 Å². The van der Waals surface area contributed by atoms with Crippen molar-refractivity contribution in [2.75, 3.05) is 24.5 Å². The Balaban J connectivity index is 2.02. The summed E-state index contributed by atoms with van der Waals surface area (Å²) >= 11 is 6.07. The summed E-state index contributed by atoms with van der Waals surface area (Å²) in [5.74, 6) is -0.189. The van der Waals surface area contributed by atoms with Gasteiger partial charge in [-0.1, -0.05) is 62.2 Å². The first-order valence-electron chi connectivity index (χ1n) is 13.2. The van der Waals surface area contributed by atoms with Gasteiger partial charge in [0.15, 0.2) is 0 Å². The molecule has 1 N–H and O–H groups in total. The zero-order valence-electron chi connectivity index (χ0n) is 23.0. The Kier molecular flexibility index (Phi) is 11.4. The highest BCUT2D eigenvalue weighted by Gasteiger charge is 2.33. The topological polar surface area (TPSA) is 96.0 Å². The standard InChI is InChI=1S/C30H36ClN3O5S/c1-4-6-19-32-30(36)28(5-2)33(21-23-11-10-12-26(20-23)39-3)29(35)22-34(25-17-15-24(31)16-18-25)40(37,38)27-13-8-7-9-14-27/h7-18,20,28H,4-6,19,21-22H2,1-3H3,(H,32,36)/t28-/m0/s1. The molecule has 2 amide bonds. The molecule has 0 aliphatic carbocycles. The van der Waals surface area contributed by atoms with Gasteiger partial charge in [-0.05, 0) is 66.9 Å². The van der Waals surface area contributed by atoms with Crippen molar-refractivity contribution in [3.05, 3.63) is 89.4 Å². The van der Waals surface area contributed by atoms with Crippen molar-refractivity contribution >= 4 is 39.1 Å². The molecule has 3 aromatic carbocycles. The maximum Gasteiger partial charge on any atom is 0.264 e. The first kappa shape index (κ1) is 31.0. The molecule has 3 aromatic rings. The van der Waals surface area contributed by atoms with E-state index < -0.39 is 28.5 Å². The Morgan fingerprint density at radius 2 is 1.68 bits per heavy atom.